The van der Waals surface area contributed by atoms with E-state index >= 15 is 0 Å². The zero-order valence-electron chi connectivity index (χ0n) is 6.04. The van der Waals surface area contributed by atoms with Gasteiger partial charge in [0.25, 0.3) is 0 Å². The van der Waals surface area contributed by atoms with Gasteiger partial charge in [-0.25, -0.2) is 0 Å². The fourth-order valence-corrected chi connectivity index (χ4v) is 1.08. The van der Waals surface area contributed by atoms with Crippen LogP contribution in [0.3, 0.4) is 0 Å². The molecule has 0 saturated heterocycles. The Morgan fingerprint density at radius 1 is 1.00 bits per heavy atom. The maximum absolute atomic E-state index is 2.90. The van der Waals surface area contributed by atoms with Crippen LogP contribution in [0.15, 0.2) is 42.6 Å². The van der Waals surface area contributed by atoms with E-state index < -0.39 is 0 Å². The maximum Gasteiger partial charge on any atom is 0.0626 e. The first kappa shape index (κ1) is 6.23. The van der Waals surface area contributed by atoms with Crippen molar-refractivity contribution in [3.8, 4) is 11.1 Å². The van der Waals surface area contributed by atoms with Gasteiger partial charge in [-0.3, -0.25) is 0 Å². The van der Waals surface area contributed by atoms with Gasteiger partial charge >= 0.3 is 0 Å². The largest absolute Gasteiger partial charge is 0.359 e. The van der Waals surface area contributed by atoms with E-state index in [2.05, 4.69) is 23.3 Å². The van der Waals surface area contributed by atoms with Gasteiger partial charge in [-0.2, -0.15) is 0 Å². The van der Waals surface area contributed by atoms with Crippen LogP contribution in [0.4, 0.5) is 0 Å². The topological polar surface area (TPSA) is 15.8 Å². The number of H-pyrrole nitrogens is 1. The molecule has 0 bridgehead atoms. The average molecular weight is 142 g/mol. The molecule has 0 saturated carbocycles. The maximum atomic E-state index is 2.90. The Balaban J connectivity index is 2.46. The lowest BCUT2D eigenvalue weighted by molar-refractivity contribution is 1.40. The van der Waals surface area contributed by atoms with Gasteiger partial charge in [-0.15, -0.1) is 0 Å². The Kier molecular flexibility index (Phi) is 1.48. The molecule has 0 aliphatic rings. The predicted molar refractivity (Wildman–Crippen MR) is 45.1 cm³/mol. The van der Waals surface area contributed by atoms with Crippen molar-refractivity contribution in [2.24, 2.45) is 0 Å². The number of aromatic amines is 1. The molecule has 0 amide bonds. The standard InChI is InChI=1S/C10H8N/c1-2-4-9(5-3-1)10-6-7-11-8-10/h1-6,8,11H. The van der Waals surface area contributed by atoms with Crippen molar-refractivity contribution in [1.29, 1.82) is 0 Å². The number of hydrogen-bond acceptors (Lipinski definition) is 0. The van der Waals surface area contributed by atoms with E-state index in [1.165, 1.54) is 11.1 Å². The molecule has 0 aliphatic carbocycles. The van der Waals surface area contributed by atoms with Crippen LogP contribution in [-0.2, 0) is 0 Å². The van der Waals surface area contributed by atoms with Crippen molar-refractivity contribution < 1.29 is 0 Å². The first-order valence-electron chi connectivity index (χ1n) is 3.57. The smallest absolute Gasteiger partial charge is 0.0626 e. The van der Waals surface area contributed by atoms with Gasteiger partial charge in [-0.05, 0) is 17.2 Å². The fraction of sp³-hybridized carbons (Fsp3) is 0. The third kappa shape index (κ3) is 1.17. The summed E-state index contributed by atoms with van der Waals surface area (Å²) in [5, 5.41) is 0. The van der Waals surface area contributed by atoms with Crippen LogP contribution in [0, 0.1) is 6.20 Å². The summed E-state index contributed by atoms with van der Waals surface area (Å²) in [6.07, 6.45) is 4.84. The molecular weight excluding hydrogens is 134 g/mol. The normalized spacial score (nSPS) is 9.82. The van der Waals surface area contributed by atoms with Crippen molar-refractivity contribution in [2.75, 3.05) is 0 Å². The lowest BCUT2D eigenvalue weighted by Gasteiger charge is -1.93. The lowest BCUT2D eigenvalue weighted by Crippen LogP contribution is -1.69. The average Bonchev–Trinajstić information content (AvgIpc) is 2.58. The summed E-state index contributed by atoms with van der Waals surface area (Å²) in [4.78, 5) is 2.90. The molecule has 1 radical (unpaired) electrons. The molecule has 1 heteroatoms. The molecule has 1 N–H and O–H groups in total. The summed E-state index contributed by atoms with van der Waals surface area (Å²) in [7, 11) is 0. The highest BCUT2D eigenvalue weighted by Crippen LogP contribution is 2.16. The van der Waals surface area contributed by atoms with Crippen molar-refractivity contribution in [2.45, 2.75) is 0 Å². The highest BCUT2D eigenvalue weighted by atomic mass is 14.6. The van der Waals surface area contributed by atoms with E-state index in [9.17, 15) is 0 Å². The van der Waals surface area contributed by atoms with E-state index in [4.69, 9.17) is 0 Å². The Morgan fingerprint density at radius 2 is 1.82 bits per heavy atom. The second-order valence-electron chi connectivity index (χ2n) is 2.40. The third-order valence-corrected chi connectivity index (χ3v) is 1.65. The summed E-state index contributed by atoms with van der Waals surface area (Å²) in [5.74, 6) is 0. The Bertz CT molecular complexity index is 308. The van der Waals surface area contributed by atoms with Gasteiger partial charge < -0.3 is 4.98 Å². The van der Waals surface area contributed by atoms with Crippen LogP contribution in [0.5, 0.6) is 0 Å². The number of benzene rings is 1. The van der Waals surface area contributed by atoms with Gasteiger partial charge in [-0.1, -0.05) is 30.3 Å². The molecule has 1 heterocycles. The van der Waals surface area contributed by atoms with Crippen molar-refractivity contribution in [3.05, 3.63) is 48.8 Å². The molecular formula is C10H8N. The number of nitrogens with one attached hydrogen (secondary N) is 1. The zero-order chi connectivity index (χ0) is 7.52. The van der Waals surface area contributed by atoms with Crippen molar-refractivity contribution in [3.63, 3.8) is 0 Å². The van der Waals surface area contributed by atoms with Crippen LogP contribution < -0.4 is 0 Å². The van der Waals surface area contributed by atoms with E-state index in [0.29, 0.717) is 0 Å². The minimum atomic E-state index is 1.19. The molecule has 1 aromatic heterocycles. The van der Waals surface area contributed by atoms with Crippen molar-refractivity contribution >= 4 is 0 Å². The highest BCUT2D eigenvalue weighted by molar-refractivity contribution is 5.61. The van der Waals surface area contributed by atoms with Gasteiger partial charge in [0.1, 0.15) is 0 Å². The molecule has 0 unspecified atom stereocenters. The number of rotatable bonds is 1. The molecule has 2 rings (SSSR count). The molecule has 53 valence electrons. The summed E-state index contributed by atoms with van der Waals surface area (Å²) in [6.45, 7) is 0. The van der Waals surface area contributed by atoms with E-state index in [0.717, 1.165) is 0 Å². The molecule has 11 heavy (non-hydrogen) atoms. The van der Waals surface area contributed by atoms with Crippen LogP contribution in [-0.4, -0.2) is 4.98 Å². The highest BCUT2D eigenvalue weighted by Gasteiger charge is 1.93. The van der Waals surface area contributed by atoms with E-state index in [-0.39, 0.29) is 0 Å². The molecule has 0 fully saturated rings. The lowest BCUT2D eigenvalue weighted by atomic mass is 10.1. The first-order chi connectivity index (χ1) is 5.47. The third-order valence-electron chi connectivity index (χ3n) is 1.65. The second kappa shape index (κ2) is 2.62. The summed E-state index contributed by atoms with van der Waals surface area (Å²) >= 11 is 0. The van der Waals surface area contributed by atoms with Crippen molar-refractivity contribution in [1.82, 2.24) is 4.98 Å². The Morgan fingerprint density at radius 3 is 2.45 bits per heavy atom. The summed E-state index contributed by atoms with van der Waals surface area (Å²) < 4.78 is 0. The quantitative estimate of drug-likeness (QED) is 0.629. The monoisotopic (exact) mass is 142 g/mol. The number of aromatic nitrogens is 1. The first-order valence-corrected chi connectivity index (χ1v) is 3.57. The van der Waals surface area contributed by atoms with Crippen LogP contribution >= 0.6 is 0 Å². The molecule has 1 aromatic carbocycles. The zero-order valence-corrected chi connectivity index (χ0v) is 6.04. The molecule has 0 aliphatic heterocycles. The Labute approximate surface area is 65.7 Å². The van der Waals surface area contributed by atoms with Crippen LogP contribution in [0.2, 0.25) is 0 Å². The summed E-state index contributed by atoms with van der Waals surface area (Å²) in [6, 6.07) is 12.2. The summed E-state index contributed by atoms with van der Waals surface area (Å²) in [5.41, 5.74) is 2.41. The minimum absolute atomic E-state index is 1.19. The van der Waals surface area contributed by atoms with Gasteiger partial charge in [0.05, 0.1) is 6.20 Å². The molecule has 1 nitrogen and oxygen atoms in total. The number of hydrogen-bond donors (Lipinski definition) is 1. The Hall–Kier alpha value is -1.50. The molecule has 0 spiro atoms. The molecule has 2 aromatic rings. The van der Waals surface area contributed by atoms with Crippen LogP contribution in [0.1, 0.15) is 0 Å². The second-order valence-corrected chi connectivity index (χ2v) is 2.40. The van der Waals surface area contributed by atoms with E-state index in [1.807, 2.05) is 30.5 Å². The van der Waals surface area contributed by atoms with Gasteiger partial charge in [0.2, 0.25) is 0 Å². The minimum Gasteiger partial charge on any atom is -0.359 e. The SMILES string of the molecule is [c]1cc(-c2ccccc2)c[nH]1. The van der Waals surface area contributed by atoms with Crippen LogP contribution in [0.25, 0.3) is 11.1 Å². The fourth-order valence-electron chi connectivity index (χ4n) is 1.08. The van der Waals surface area contributed by atoms with Gasteiger partial charge in [0, 0.05) is 6.20 Å². The molecule has 0 atom stereocenters. The van der Waals surface area contributed by atoms with E-state index in [1.54, 1.807) is 0 Å². The van der Waals surface area contributed by atoms with Gasteiger partial charge in [0.15, 0.2) is 0 Å². The predicted octanol–water partition coefficient (Wildman–Crippen LogP) is 2.48.